The molecule has 1 aromatic rings. The van der Waals surface area contributed by atoms with Crippen LogP contribution in [0.4, 0.5) is 0 Å². The summed E-state index contributed by atoms with van der Waals surface area (Å²) in [6.07, 6.45) is 3.75. The maximum atomic E-state index is 5.54. The van der Waals surface area contributed by atoms with Gasteiger partial charge in [-0.25, -0.2) is 0 Å². The second-order valence-corrected chi connectivity index (χ2v) is 7.22. The van der Waals surface area contributed by atoms with Crippen molar-refractivity contribution in [2.24, 2.45) is 10.9 Å². The average Bonchev–Trinajstić information content (AvgIpc) is 2.73. The van der Waals surface area contributed by atoms with Crippen molar-refractivity contribution in [1.82, 2.24) is 15.5 Å². The van der Waals surface area contributed by atoms with Crippen molar-refractivity contribution in [2.75, 3.05) is 54.6 Å². The number of rotatable bonds is 9. The summed E-state index contributed by atoms with van der Waals surface area (Å²) in [4.78, 5) is 6.88. The molecule has 0 atom stereocenters. The van der Waals surface area contributed by atoms with Crippen molar-refractivity contribution in [3.63, 3.8) is 0 Å². The molecule has 0 aliphatic carbocycles. The number of guanidine groups is 1. The molecular formula is C21H36N4O3. The predicted octanol–water partition coefficient (Wildman–Crippen LogP) is 2.50. The van der Waals surface area contributed by atoms with Crippen molar-refractivity contribution in [1.29, 1.82) is 0 Å². The Labute approximate surface area is 169 Å². The molecule has 1 aliphatic rings. The van der Waals surface area contributed by atoms with Gasteiger partial charge in [0, 0.05) is 25.7 Å². The van der Waals surface area contributed by atoms with Crippen LogP contribution in [0.25, 0.3) is 0 Å². The summed E-state index contributed by atoms with van der Waals surface area (Å²) in [6.45, 7) is 7.42. The molecule has 0 radical (unpaired) electrons. The summed E-state index contributed by atoms with van der Waals surface area (Å²) >= 11 is 0. The highest BCUT2D eigenvalue weighted by molar-refractivity contribution is 5.79. The highest BCUT2D eigenvalue weighted by Gasteiger charge is 2.16. The molecular weight excluding hydrogens is 356 g/mol. The number of aliphatic imine (C=N–C) groups is 1. The lowest BCUT2D eigenvalue weighted by atomic mass is 9.99. The van der Waals surface area contributed by atoms with Gasteiger partial charge in [-0.2, -0.15) is 0 Å². The largest absolute Gasteiger partial charge is 0.493 e. The summed E-state index contributed by atoms with van der Waals surface area (Å²) in [5, 5.41) is 6.73. The Bertz CT molecular complexity index is 628. The number of piperidine rings is 1. The molecule has 1 saturated heterocycles. The molecule has 2 rings (SSSR count). The molecule has 7 heteroatoms. The monoisotopic (exact) mass is 392 g/mol. The van der Waals surface area contributed by atoms with E-state index in [-0.39, 0.29) is 0 Å². The number of nitrogens with one attached hydrogen (secondary N) is 2. The van der Waals surface area contributed by atoms with E-state index < -0.39 is 0 Å². The molecule has 0 saturated carbocycles. The lowest BCUT2D eigenvalue weighted by Gasteiger charge is -2.30. The minimum absolute atomic E-state index is 0.577. The van der Waals surface area contributed by atoms with E-state index in [1.54, 1.807) is 28.4 Å². The summed E-state index contributed by atoms with van der Waals surface area (Å²) in [6, 6.07) is 3.85. The van der Waals surface area contributed by atoms with Crippen LogP contribution in [0.2, 0.25) is 0 Å². The van der Waals surface area contributed by atoms with E-state index in [1.807, 2.05) is 12.1 Å². The minimum atomic E-state index is 0.577. The maximum absolute atomic E-state index is 5.54. The van der Waals surface area contributed by atoms with Gasteiger partial charge < -0.3 is 29.7 Å². The number of benzene rings is 1. The van der Waals surface area contributed by atoms with Crippen LogP contribution in [-0.4, -0.2) is 65.4 Å². The van der Waals surface area contributed by atoms with Crippen LogP contribution < -0.4 is 24.8 Å². The van der Waals surface area contributed by atoms with Gasteiger partial charge in [-0.1, -0.05) is 6.92 Å². The Balaban J connectivity index is 1.80. The van der Waals surface area contributed by atoms with Crippen LogP contribution in [0.15, 0.2) is 17.1 Å². The first kappa shape index (κ1) is 22.1. The quantitative estimate of drug-likeness (QED) is 0.382. The molecule has 1 aliphatic heterocycles. The first-order chi connectivity index (χ1) is 13.6. The second kappa shape index (κ2) is 11.6. The highest BCUT2D eigenvalue weighted by atomic mass is 16.5. The van der Waals surface area contributed by atoms with Gasteiger partial charge in [0.05, 0.1) is 21.3 Å². The molecule has 1 aromatic carbocycles. The van der Waals surface area contributed by atoms with Crippen LogP contribution in [0.1, 0.15) is 31.7 Å². The van der Waals surface area contributed by atoms with Crippen LogP contribution in [-0.2, 0) is 6.54 Å². The highest BCUT2D eigenvalue weighted by Crippen LogP contribution is 2.39. The number of methoxy groups -OCH3 is 3. The molecule has 158 valence electrons. The third-order valence-corrected chi connectivity index (χ3v) is 5.28. The van der Waals surface area contributed by atoms with Crippen LogP contribution in [0.3, 0.4) is 0 Å². The fourth-order valence-corrected chi connectivity index (χ4v) is 3.50. The molecule has 0 bridgehead atoms. The normalized spacial score (nSPS) is 16.0. The molecule has 0 amide bonds. The van der Waals surface area contributed by atoms with E-state index in [9.17, 15) is 0 Å². The van der Waals surface area contributed by atoms with E-state index in [4.69, 9.17) is 14.2 Å². The minimum Gasteiger partial charge on any atom is -0.493 e. The molecule has 0 spiro atoms. The van der Waals surface area contributed by atoms with Gasteiger partial charge in [-0.05, 0) is 56.9 Å². The Morgan fingerprint density at radius 2 is 1.79 bits per heavy atom. The number of likely N-dealkylation sites (tertiary alicyclic amines) is 1. The van der Waals surface area contributed by atoms with Crippen molar-refractivity contribution < 1.29 is 14.2 Å². The van der Waals surface area contributed by atoms with Gasteiger partial charge in [-0.3, -0.25) is 4.99 Å². The zero-order valence-electron chi connectivity index (χ0n) is 18.0. The van der Waals surface area contributed by atoms with E-state index in [1.165, 1.54) is 25.9 Å². The lowest BCUT2D eigenvalue weighted by molar-refractivity contribution is 0.191. The molecule has 2 N–H and O–H groups in total. The summed E-state index contributed by atoms with van der Waals surface area (Å²) in [5.41, 5.74) is 0.977. The second-order valence-electron chi connectivity index (χ2n) is 7.22. The van der Waals surface area contributed by atoms with Gasteiger partial charge in [0.25, 0.3) is 0 Å². The number of ether oxygens (including phenoxy) is 3. The molecule has 28 heavy (non-hydrogen) atoms. The van der Waals surface area contributed by atoms with Gasteiger partial charge in [0.15, 0.2) is 17.5 Å². The third-order valence-electron chi connectivity index (χ3n) is 5.28. The van der Waals surface area contributed by atoms with Crippen LogP contribution in [0.5, 0.6) is 17.2 Å². The molecule has 1 heterocycles. The molecule has 7 nitrogen and oxygen atoms in total. The number of hydrogen-bond acceptors (Lipinski definition) is 5. The third kappa shape index (κ3) is 6.19. The van der Waals surface area contributed by atoms with Crippen LogP contribution in [0, 0.1) is 5.92 Å². The van der Waals surface area contributed by atoms with Crippen molar-refractivity contribution in [3.8, 4) is 17.2 Å². The fourth-order valence-electron chi connectivity index (χ4n) is 3.50. The smallest absolute Gasteiger partial charge is 0.203 e. The van der Waals surface area contributed by atoms with E-state index in [2.05, 4.69) is 27.4 Å². The fraction of sp³-hybridized carbons (Fsp3) is 0.667. The van der Waals surface area contributed by atoms with Gasteiger partial charge >= 0.3 is 0 Å². The lowest BCUT2D eigenvalue weighted by Crippen LogP contribution is -2.39. The predicted molar refractivity (Wildman–Crippen MR) is 114 cm³/mol. The molecule has 0 aromatic heterocycles. The summed E-state index contributed by atoms with van der Waals surface area (Å²) < 4.78 is 16.3. The Hall–Kier alpha value is -2.15. The maximum Gasteiger partial charge on any atom is 0.203 e. The Kier molecular flexibility index (Phi) is 9.20. The van der Waals surface area contributed by atoms with Crippen molar-refractivity contribution in [2.45, 2.75) is 32.7 Å². The summed E-state index contributed by atoms with van der Waals surface area (Å²) in [5.74, 6) is 3.58. The molecule has 1 fully saturated rings. The zero-order chi connectivity index (χ0) is 20.4. The van der Waals surface area contributed by atoms with E-state index in [0.29, 0.717) is 23.8 Å². The SMILES string of the molecule is CN=C(NCCCN1CCC(C)CC1)NCc1ccc(OC)c(OC)c1OC. The average molecular weight is 393 g/mol. The first-order valence-corrected chi connectivity index (χ1v) is 10.1. The van der Waals surface area contributed by atoms with Gasteiger partial charge in [0.1, 0.15) is 0 Å². The number of hydrogen-bond donors (Lipinski definition) is 2. The van der Waals surface area contributed by atoms with Gasteiger partial charge in [-0.15, -0.1) is 0 Å². The zero-order valence-corrected chi connectivity index (χ0v) is 18.0. The van der Waals surface area contributed by atoms with Crippen molar-refractivity contribution >= 4 is 5.96 Å². The Morgan fingerprint density at radius 3 is 2.39 bits per heavy atom. The van der Waals surface area contributed by atoms with Crippen LogP contribution >= 0.6 is 0 Å². The number of nitrogens with zero attached hydrogens (tertiary/aromatic N) is 2. The summed E-state index contributed by atoms with van der Waals surface area (Å²) in [7, 11) is 6.65. The standard InChI is InChI=1S/C21H36N4O3/c1-16-9-13-25(14-10-16)12-6-11-23-21(22-2)24-15-17-7-8-18(26-3)20(28-5)19(17)27-4/h7-8,16H,6,9-15H2,1-5H3,(H2,22,23,24). The Morgan fingerprint density at radius 1 is 1.07 bits per heavy atom. The topological polar surface area (TPSA) is 67.4 Å². The van der Waals surface area contributed by atoms with E-state index in [0.717, 1.165) is 37.0 Å². The first-order valence-electron chi connectivity index (χ1n) is 10.1. The molecule has 0 unspecified atom stereocenters. The van der Waals surface area contributed by atoms with Gasteiger partial charge in [0.2, 0.25) is 5.75 Å². The van der Waals surface area contributed by atoms with Crippen molar-refractivity contribution in [3.05, 3.63) is 17.7 Å². The van der Waals surface area contributed by atoms with E-state index >= 15 is 0 Å².